The van der Waals surface area contributed by atoms with E-state index in [9.17, 15) is 26.3 Å². The van der Waals surface area contributed by atoms with Crippen LogP contribution in [0, 0.1) is 40.9 Å². The summed E-state index contributed by atoms with van der Waals surface area (Å²) in [4.78, 5) is 0. The molecule has 188 valence electrons. The predicted molar refractivity (Wildman–Crippen MR) is 128 cm³/mol. The normalized spacial score (nSPS) is 17.6. The molecule has 3 aromatic carbocycles. The monoisotopic (exact) mass is 492 g/mol. The minimum atomic E-state index is -1.60. The highest BCUT2D eigenvalue weighted by Gasteiger charge is 2.20. The van der Waals surface area contributed by atoms with E-state index < -0.39 is 29.1 Å². The number of hydrogen-bond donors (Lipinski definition) is 0. The highest BCUT2D eigenvalue weighted by atomic mass is 19.2. The summed E-state index contributed by atoms with van der Waals surface area (Å²) in [6.07, 6.45) is 8.82. The van der Waals surface area contributed by atoms with Crippen molar-refractivity contribution in [3.8, 4) is 22.3 Å². The lowest BCUT2D eigenvalue weighted by atomic mass is 9.79. The average Bonchev–Trinajstić information content (AvgIpc) is 2.85. The SMILES string of the molecule is CCCC1CCC(CCF)CC1.Fc1ccc(-c2ccc(-c3cc(F)c(F)c(F)c3)c(F)c2)cc1. The van der Waals surface area contributed by atoms with Crippen molar-refractivity contribution in [2.75, 3.05) is 6.67 Å². The molecule has 0 nitrogen and oxygen atoms in total. The first kappa shape index (κ1) is 26.8. The number of rotatable bonds is 6. The Bertz CT molecular complexity index is 1050. The summed E-state index contributed by atoms with van der Waals surface area (Å²) in [7, 11) is 0. The van der Waals surface area contributed by atoms with Crippen LogP contribution in [0.5, 0.6) is 0 Å². The molecule has 0 radical (unpaired) electrons. The smallest absolute Gasteiger partial charge is 0.194 e. The van der Waals surface area contributed by atoms with Gasteiger partial charge in [0.05, 0.1) is 6.67 Å². The zero-order chi connectivity index (χ0) is 25.4. The molecule has 0 unspecified atom stereocenters. The van der Waals surface area contributed by atoms with Crippen LogP contribution < -0.4 is 0 Å². The van der Waals surface area contributed by atoms with Gasteiger partial charge in [-0.2, -0.15) is 0 Å². The van der Waals surface area contributed by atoms with E-state index in [0.29, 0.717) is 17.0 Å². The van der Waals surface area contributed by atoms with E-state index in [1.54, 1.807) is 0 Å². The first-order valence-corrected chi connectivity index (χ1v) is 12.1. The van der Waals surface area contributed by atoms with Gasteiger partial charge in [0.1, 0.15) is 11.6 Å². The van der Waals surface area contributed by atoms with Crippen LogP contribution in [0.4, 0.5) is 26.3 Å². The molecule has 1 aliphatic rings. The van der Waals surface area contributed by atoms with Crippen LogP contribution in [0.2, 0.25) is 0 Å². The lowest BCUT2D eigenvalue weighted by Gasteiger charge is -2.27. The van der Waals surface area contributed by atoms with Gasteiger partial charge in [-0.05, 0) is 65.3 Å². The summed E-state index contributed by atoms with van der Waals surface area (Å²) >= 11 is 0. The minimum Gasteiger partial charge on any atom is -0.251 e. The summed E-state index contributed by atoms with van der Waals surface area (Å²) in [5.41, 5.74) is 0.904. The third kappa shape index (κ3) is 7.36. The Morgan fingerprint density at radius 1 is 0.629 bits per heavy atom. The highest BCUT2D eigenvalue weighted by molar-refractivity contribution is 5.71. The molecule has 4 rings (SSSR count). The number of hydrogen-bond acceptors (Lipinski definition) is 0. The molecule has 1 fully saturated rings. The number of benzene rings is 3. The van der Waals surface area contributed by atoms with Gasteiger partial charge in [-0.25, -0.2) is 22.0 Å². The van der Waals surface area contributed by atoms with Crippen molar-refractivity contribution in [1.29, 1.82) is 0 Å². The fourth-order valence-corrected chi connectivity index (χ4v) is 4.65. The lowest BCUT2D eigenvalue weighted by Crippen LogP contribution is -2.14. The van der Waals surface area contributed by atoms with Crippen LogP contribution in [-0.4, -0.2) is 6.67 Å². The summed E-state index contributed by atoms with van der Waals surface area (Å²) in [5.74, 6) is -3.84. The zero-order valence-electron chi connectivity index (χ0n) is 19.8. The first-order chi connectivity index (χ1) is 16.8. The van der Waals surface area contributed by atoms with Crippen molar-refractivity contribution >= 4 is 0 Å². The van der Waals surface area contributed by atoms with Crippen LogP contribution in [-0.2, 0) is 0 Å². The zero-order valence-corrected chi connectivity index (χ0v) is 19.8. The summed E-state index contributed by atoms with van der Waals surface area (Å²) in [6, 6.07) is 11.0. The minimum absolute atomic E-state index is 0.0614. The Morgan fingerprint density at radius 2 is 1.14 bits per heavy atom. The molecule has 1 saturated carbocycles. The average molecular weight is 493 g/mol. The lowest BCUT2D eigenvalue weighted by molar-refractivity contribution is 0.238. The van der Waals surface area contributed by atoms with Gasteiger partial charge in [-0.3, -0.25) is 4.39 Å². The summed E-state index contributed by atoms with van der Waals surface area (Å²) < 4.78 is 78.7. The molecule has 1 aliphatic carbocycles. The number of alkyl halides is 1. The van der Waals surface area contributed by atoms with Crippen molar-refractivity contribution in [2.45, 2.75) is 51.9 Å². The quantitative estimate of drug-likeness (QED) is 0.237. The Kier molecular flexibility index (Phi) is 9.82. The fraction of sp³-hybridized carbons (Fsp3) is 0.379. The van der Waals surface area contributed by atoms with E-state index in [2.05, 4.69) is 6.92 Å². The van der Waals surface area contributed by atoms with Crippen molar-refractivity contribution in [3.05, 3.63) is 83.7 Å². The Balaban J connectivity index is 0.000000241. The molecular formula is C29H30F6. The Labute approximate surface area is 203 Å². The Hall–Kier alpha value is -2.76. The second kappa shape index (κ2) is 12.8. The van der Waals surface area contributed by atoms with E-state index in [4.69, 9.17) is 0 Å². The van der Waals surface area contributed by atoms with Crippen molar-refractivity contribution in [3.63, 3.8) is 0 Å². The first-order valence-electron chi connectivity index (χ1n) is 12.1. The largest absolute Gasteiger partial charge is 0.251 e. The maximum absolute atomic E-state index is 14.3. The van der Waals surface area contributed by atoms with E-state index in [1.807, 2.05) is 0 Å². The van der Waals surface area contributed by atoms with Crippen molar-refractivity contribution in [1.82, 2.24) is 0 Å². The van der Waals surface area contributed by atoms with Gasteiger partial charge in [-0.1, -0.05) is 69.7 Å². The van der Waals surface area contributed by atoms with Crippen LogP contribution in [0.1, 0.15) is 51.9 Å². The second-order valence-corrected chi connectivity index (χ2v) is 9.11. The van der Waals surface area contributed by atoms with Gasteiger partial charge < -0.3 is 0 Å². The maximum Gasteiger partial charge on any atom is 0.194 e. The molecule has 0 aliphatic heterocycles. The van der Waals surface area contributed by atoms with Crippen LogP contribution >= 0.6 is 0 Å². The molecule has 0 bridgehead atoms. The van der Waals surface area contributed by atoms with Crippen LogP contribution in [0.15, 0.2) is 54.6 Å². The van der Waals surface area contributed by atoms with Gasteiger partial charge in [0.25, 0.3) is 0 Å². The molecule has 0 atom stereocenters. The van der Waals surface area contributed by atoms with E-state index in [-0.39, 0.29) is 17.8 Å². The molecule has 6 heteroatoms. The van der Waals surface area contributed by atoms with Crippen LogP contribution in [0.3, 0.4) is 0 Å². The standard InChI is InChI=1S/C18H9F5.C11H21F/c19-13-4-1-10(2-5-13)11-3-6-14(15(20)7-11)12-8-16(21)18(23)17(22)9-12;1-2-3-10-4-6-11(7-5-10)8-9-12/h1-9H;10-11H,2-9H2,1H3. The second-order valence-electron chi connectivity index (χ2n) is 9.11. The predicted octanol–water partition coefficient (Wildman–Crippen LogP) is 9.67. The van der Waals surface area contributed by atoms with E-state index >= 15 is 0 Å². The number of halogens is 6. The summed E-state index contributed by atoms with van der Waals surface area (Å²) in [5, 5.41) is 0. The topological polar surface area (TPSA) is 0 Å². The molecule has 0 spiro atoms. The molecule has 0 heterocycles. The molecular weight excluding hydrogens is 462 g/mol. The van der Waals surface area contributed by atoms with Crippen molar-refractivity contribution < 1.29 is 26.3 Å². The highest BCUT2D eigenvalue weighted by Crippen LogP contribution is 2.33. The molecule has 3 aromatic rings. The van der Waals surface area contributed by atoms with E-state index in [0.717, 1.165) is 24.5 Å². The van der Waals surface area contributed by atoms with Crippen LogP contribution in [0.25, 0.3) is 22.3 Å². The van der Waals surface area contributed by atoms with Gasteiger partial charge in [-0.15, -0.1) is 0 Å². The summed E-state index contributed by atoms with van der Waals surface area (Å²) in [6.45, 7) is 2.15. The maximum atomic E-state index is 14.3. The molecule has 0 aromatic heterocycles. The Morgan fingerprint density at radius 3 is 1.66 bits per heavy atom. The molecule has 0 N–H and O–H groups in total. The van der Waals surface area contributed by atoms with Crippen molar-refractivity contribution in [2.24, 2.45) is 11.8 Å². The van der Waals surface area contributed by atoms with Gasteiger partial charge in [0.2, 0.25) is 0 Å². The molecule has 0 saturated heterocycles. The third-order valence-corrected chi connectivity index (χ3v) is 6.62. The molecule has 35 heavy (non-hydrogen) atoms. The van der Waals surface area contributed by atoms with E-state index in [1.165, 1.54) is 81.0 Å². The third-order valence-electron chi connectivity index (χ3n) is 6.62. The van der Waals surface area contributed by atoms with Gasteiger partial charge >= 0.3 is 0 Å². The van der Waals surface area contributed by atoms with Gasteiger partial charge in [0, 0.05) is 5.56 Å². The molecule has 0 amide bonds. The van der Waals surface area contributed by atoms with Gasteiger partial charge in [0.15, 0.2) is 17.5 Å². The fourth-order valence-electron chi connectivity index (χ4n) is 4.65.